The van der Waals surface area contributed by atoms with Gasteiger partial charge in [0.1, 0.15) is 17.0 Å². The lowest BCUT2D eigenvalue weighted by molar-refractivity contribution is -0.138. The van der Waals surface area contributed by atoms with Crippen LogP contribution in [-0.2, 0) is 27.0 Å². The van der Waals surface area contributed by atoms with E-state index >= 15 is 0 Å². The van der Waals surface area contributed by atoms with Crippen molar-refractivity contribution in [2.45, 2.75) is 30.2 Å². The van der Waals surface area contributed by atoms with E-state index in [0.29, 0.717) is 29.4 Å². The molecule has 0 saturated heterocycles. The maximum Gasteiger partial charge on any atom is 0.323 e. The Balaban J connectivity index is 1.46. The summed E-state index contributed by atoms with van der Waals surface area (Å²) in [5.74, 6) is -1.32. The molecule has 3 rings (SSSR count). The Morgan fingerprint density at radius 2 is 1.82 bits per heavy atom. The van der Waals surface area contributed by atoms with Crippen LogP contribution in [0.2, 0.25) is 0 Å². The number of hydrogen-bond donors (Lipinski definition) is 5. The molecule has 5 N–H and O–H groups in total. The highest BCUT2D eigenvalue weighted by atomic mass is 32.2. The average Bonchev–Trinajstić information content (AvgIpc) is 2.86. The summed E-state index contributed by atoms with van der Waals surface area (Å²) >= 11 is 0. The minimum absolute atomic E-state index is 0.143. The van der Waals surface area contributed by atoms with E-state index in [9.17, 15) is 23.7 Å². The highest BCUT2D eigenvalue weighted by Gasteiger charge is 2.21. The van der Waals surface area contributed by atoms with Crippen LogP contribution in [0.1, 0.15) is 28.8 Å². The van der Waals surface area contributed by atoms with Gasteiger partial charge in [-0.1, -0.05) is 30.3 Å². The van der Waals surface area contributed by atoms with Crippen LogP contribution in [-0.4, -0.2) is 58.7 Å². The van der Waals surface area contributed by atoms with Crippen molar-refractivity contribution in [2.24, 2.45) is 4.99 Å². The molecule has 2 aromatic carbocycles. The van der Waals surface area contributed by atoms with Gasteiger partial charge in [0.15, 0.2) is 5.96 Å². The SMILES string of the molecule is O=C(CCc1ccc(C(=O)NCC(NS(=O)c2ccccc2)C(=O)O)cc1)NC1=NCCCN1. The standard InChI is InChI=1S/C23H27N5O5S/c29-20(27-23-24-13-4-14-25-23)12-9-16-7-10-17(11-8-16)21(30)26-15-19(22(31)32)28-34(33)18-5-2-1-3-6-18/h1-3,5-8,10-11,19,28H,4,9,12-15H2,(H,26,30)(H,31,32)(H2,24,25,27,29). The van der Waals surface area contributed by atoms with Gasteiger partial charge in [0.25, 0.3) is 5.91 Å². The van der Waals surface area contributed by atoms with E-state index < -0.39 is 28.9 Å². The third kappa shape index (κ3) is 7.78. The molecular weight excluding hydrogens is 458 g/mol. The second-order valence-corrected chi connectivity index (χ2v) is 8.80. The molecule has 1 aliphatic heterocycles. The topological polar surface area (TPSA) is 149 Å². The van der Waals surface area contributed by atoms with Gasteiger partial charge in [0, 0.05) is 31.6 Å². The number of nitrogens with zero attached hydrogens (tertiary/aromatic N) is 1. The first-order chi connectivity index (χ1) is 16.4. The molecule has 0 radical (unpaired) electrons. The smallest absolute Gasteiger partial charge is 0.323 e. The summed E-state index contributed by atoms with van der Waals surface area (Å²) < 4.78 is 14.8. The van der Waals surface area contributed by atoms with Gasteiger partial charge in [-0.3, -0.25) is 24.7 Å². The van der Waals surface area contributed by atoms with E-state index in [2.05, 4.69) is 25.7 Å². The minimum Gasteiger partial charge on any atom is -0.480 e. The number of aliphatic imine (C=N–C) groups is 1. The normalized spacial score (nSPS) is 14.8. The van der Waals surface area contributed by atoms with Gasteiger partial charge in [0.05, 0.1) is 4.90 Å². The predicted molar refractivity (Wildman–Crippen MR) is 128 cm³/mol. The molecule has 2 unspecified atom stereocenters. The van der Waals surface area contributed by atoms with Gasteiger partial charge in [-0.2, -0.15) is 0 Å². The van der Waals surface area contributed by atoms with Crippen molar-refractivity contribution in [3.63, 3.8) is 0 Å². The molecule has 34 heavy (non-hydrogen) atoms. The fraction of sp³-hybridized carbons (Fsp3) is 0.304. The van der Waals surface area contributed by atoms with Crippen molar-refractivity contribution in [1.82, 2.24) is 20.7 Å². The van der Waals surface area contributed by atoms with Gasteiger partial charge >= 0.3 is 5.97 Å². The van der Waals surface area contributed by atoms with Crippen LogP contribution >= 0.6 is 0 Å². The van der Waals surface area contributed by atoms with Gasteiger partial charge < -0.3 is 15.7 Å². The Bertz CT molecular complexity index is 1060. The third-order valence-corrected chi connectivity index (χ3v) is 6.18. The number of carbonyl (C=O) groups is 3. The summed E-state index contributed by atoms with van der Waals surface area (Å²) in [4.78, 5) is 40.6. The highest BCUT2D eigenvalue weighted by Crippen LogP contribution is 2.08. The number of rotatable bonds is 10. The van der Waals surface area contributed by atoms with Crippen molar-refractivity contribution in [2.75, 3.05) is 19.6 Å². The van der Waals surface area contributed by atoms with Crippen LogP contribution in [0.3, 0.4) is 0 Å². The van der Waals surface area contributed by atoms with Gasteiger partial charge in [-0.15, -0.1) is 0 Å². The molecule has 0 aromatic heterocycles. The number of amides is 2. The zero-order valence-electron chi connectivity index (χ0n) is 18.5. The minimum atomic E-state index is -1.73. The predicted octanol–water partition coefficient (Wildman–Crippen LogP) is 0.580. The zero-order valence-corrected chi connectivity index (χ0v) is 19.3. The van der Waals surface area contributed by atoms with Crippen molar-refractivity contribution in [1.29, 1.82) is 0 Å². The molecule has 180 valence electrons. The van der Waals surface area contributed by atoms with E-state index in [1.165, 1.54) is 0 Å². The molecule has 2 atom stereocenters. The van der Waals surface area contributed by atoms with Crippen LogP contribution in [0.4, 0.5) is 0 Å². The van der Waals surface area contributed by atoms with Crippen molar-refractivity contribution in [3.05, 3.63) is 65.7 Å². The Kier molecular flexibility index (Phi) is 9.30. The quantitative estimate of drug-likeness (QED) is 0.332. The molecule has 2 amide bonds. The Morgan fingerprint density at radius 3 is 2.47 bits per heavy atom. The average molecular weight is 486 g/mol. The van der Waals surface area contributed by atoms with Crippen molar-refractivity contribution >= 4 is 34.7 Å². The molecular formula is C23H27N5O5S. The van der Waals surface area contributed by atoms with Crippen LogP contribution in [0, 0.1) is 0 Å². The van der Waals surface area contributed by atoms with Crippen molar-refractivity contribution < 1.29 is 23.7 Å². The van der Waals surface area contributed by atoms with Crippen LogP contribution < -0.4 is 20.7 Å². The molecule has 0 fully saturated rings. The van der Waals surface area contributed by atoms with E-state index in [4.69, 9.17) is 0 Å². The summed E-state index contributed by atoms with van der Waals surface area (Å²) in [5.41, 5.74) is 1.23. The number of nitrogens with one attached hydrogen (secondary N) is 4. The van der Waals surface area contributed by atoms with E-state index in [-0.39, 0.29) is 18.9 Å². The first-order valence-corrected chi connectivity index (χ1v) is 12.0. The fourth-order valence-electron chi connectivity index (χ4n) is 3.11. The molecule has 2 aromatic rings. The number of hydrogen-bond acceptors (Lipinski definition) is 6. The fourth-order valence-corrected chi connectivity index (χ4v) is 4.09. The number of aryl methyl sites for hydroxylation is 1. The van der Waals surface area contributed by atoms with Crippen LogP contribution in [0.15, 0.2) is 64.5 Å². The molecule has 1 aliphatic rings. The number of carboxylic acid groups (broad SMARTS) is 1. The lowest BCUT2D eigenvalue weighted by Crippen LogP contribution is -2.46. The maximum atomic E-state index is 12.4. The van der Waals surface area contributed by atoms with Gasteiger partial charge in [-0.25, -0.2) is 8.93 Å². The molecule has 0 spiro atoms. The summed E-state index contributed by atoms with van der Waals surface area (Å²) in [6, 6.07) is 13.9. The number of aliphatic carboxylic acids is 1. The number of guanidine groups is 1. The molecule has 0 saturated carbocycles. The number of benzene rings is 2. The van der Waals surface area contributed by atoms with Gasteiger partial charge in [-0.05, 0) is 42.7 Å². The lowest BCUT2D eigenvalue weighted by Gasteiger charge is -2.15. The molecule has 0 aliphatic carbocycles. The number of carbonyl (C=O) groups excluding carboxylic acids is 2. The third-order valence-electron chi connectivity index (χ3n) is 4.98. The highest BCUT2D eigenvalue weighted by molar-refractivity contribution is 7.83. The lowest BCUT2D eigenvalue weighted by atomic mass is 10.1. The maximum absolute atomic E-state index is 12.4. The Morgan fingerprint density at radius 1 is 1.09 bits per heavy atom. The number of carboxylic acids is 1. The van der Waals surface area contributed by atoms with Crippen LogP contribution in [0.25, 0.3) is 0 Å². The molecule has 1 heterocycles. The monoisotopic (exact) mass is 485 g/mol. The Hall–Kier alpha value is -3.57. The van der Waals surface area contributed by atoms with Crippen molar-refractivity contribution in [3.8, 4) is 0 Å². The second kappa shape index (κ2) is 12.6. The zero-order chi connectivity index (χ0) is 24.3. The first-order valence-electron chi connectivity index (χ1n) is 10.8. The largest absolute Gasteiger partial charge is 0.480 e. The van der Waals surface area contributed by atoms with E-state index in [1.54, 1.807) is 54.6 Å². The van der Waals surface area contributed by atoms with E-state index in [1.807, 2.05) is 0 Å². The van der Waals surface area contributed by atoms with Gasteiger partial charge in [0.2, 0.25) is 5.91 Å². The summed E-state index contributed by atoms with van der Waals surface area (Å²) in [6.45, 7) is 1.24. The van der Waals surface area contributed by atoms with E-state index in [0.717, 1.165) is 18.5 Å². The second-order valence-electron chi connectivity index (χ2n) is 7.56. The Labute approximate surface area is 199 Å². The summed E-state index contributed by atoms with van der Waals surface area (Å²) in [5, 5.41) is 17.7. The molecule has 11 heteroatoms. The first kappa shape index (κ1) is 25.1. The summed E-state index contributed by atoms with van der Waals surface area (Å²) in [7, 11) is -1.73. The van der Waals surface area contributed by atoms with Crippen LogP contribution in [0.5, 0.6) is 0 Å². The summed E-state index contributed by atoms with van der Waals surface area (Å²) in [6.07, 6.45) is 1.72. The molecule has 10 nitrogen and oxygen atoms in total. The molecule has 0 bridgehead atoms.